The Morgan fingerprint density at radius 3 is 2.67 bits per heavy atom. The van der Waals surface area contributed by atoms with Gasteiger partial charge in [0.2, 0.25) is 0 Å². The minimum absolute atomic E-state index is 0.220. The Bertz CT molecular complexity index is 427. The van der Waals surface area contributed by atoms with E-state index < -0.39 is 0 Å². The van der Waals surface area contributed by atoms with Crippen molar-refractivity contribution in [2.24, 2.45) is 0 Å². The molecular weight excluding hydrogens is 248 g/mol. The van der Waals surface area contributed by atoms with Gasteiger partial charge in [-0.3, -0.25) is 0 Å². The third-order valence-corrected chi connectivity index (χ3v) is 3.46. The number of aryl methyl sites for hydroxylation is 1. The highest BCUT2D eigenvalue weighted by Crippen LogP contribution is 2.34. The Hall–Kier alpha value is -1.02. The van der Waals surface area contributed by atoms with E-state index >= 15 is 0 Å². The second kappa shape index (κ2) is 6.79. The van der Waals surface area contributed by atoms with Crippen LogP contribution in [0.4, 0.5) is 0 Å². The highest BCUT2D eigenvalue weighted by Gasteiger charge is 2.14. The number of rotatable bonds is 6. The molecule has 0 saturated carbocycles. The van der Waals surface area contributed by atoms with Gasteiger partial charge in [-0.2, -0.15) is 0 Å². The topological polar surface area (TPSA) is 26.3 Å². The SMILES string of the molecule is CCOc1cc(C)c(Cl)cc1C(C)CCC(C)=O. The van der Waals surface area contributed by atoms with E-state index in [4.69, 9.17) is 16.3 Å². The van der Waals surface area contributed by atoms with Crippen molar-refractivity contribution in [3.8, 4) is 5.75 Å². The summed E-state index contributed by atoms with van der Waals surface area (Å²) in [6.07, 6.45) is 1.42. The molecule has 0 aromatic heterocycles. The van der Waals surface area contributed by atoms with E-state index in [2.05, 4.69) is 6.92 Å². The maximum atomic E-state index is 11.1. The largest absolute Gasteiger partial charge is 0.494 e. The van der Waals surface area contributed by atoms with Crippen molar-refractivity contribution in [3.63, 3.8) is 0 Å². The van der Waals surface area contributed by atoms with Crippen LogP contribution in [0.3, 0.4) is 0 Å². The maximum absolute atomic E-state index is 11.1. The lowest BCUT2D eigenvalue weighted by Gasteiger charge is -2.17. The Morgan fingerprint density at radius 1 is 1.44 bits per heavy atom. The van der Waals surface area contributed by atoms with Gasteiger partial charge in [-0.25, -0.2) is 0 Å². The van der Waals surface area contributed by atoms with Crippen LogP contribution in [0, 0.1) is 6.92 Å². The van der Waals surface area contributed by atoms with Crippen molar-refractivity contribution in [1.82, 2.24) is 0 Å². The number of carbonyl (C=O) groups is 1. The Kier molecular flexibility index (Phi) is 5.67. The van der Waals surface area contributed by atoms with Crippen LogP contribution in [0.15, 0.2) is 12.1 Å². The minimum Gasteiger partial charge on any atom is -0.494 e. The minimum atomic E-state index is 0.220. The molecule has 0 aliphatic heterocycles. The van der Waals surface area contributed by atoms with E-state index in [0.717, 1.165) is 28.3 Å². The lowest BCUT2D eigenvalue weighted by molar-refractivity contribution is -0.117. The van der Waals surface area contributed by atoms with Gasteiger partial charge in [0.05, 0.1) is 6.61 Å². The zero-order valence-corrected chi connectivity index (χ0v) is 12.3. The average Bonchev–Trinajstić information content (AvgIpc) is 2.30. The van der Waals surface area contributed by atoms with E-state index in [1.807, 2.05) is 26.0 Å². The van der Waals surface area contributed by atoms with Crippen molar-refractivity contribution in [2.75, 3.05) is 6.61 Å². The molecule has 0 aliphatic rings. The summed E-state index contributed by atoms with van der Waals surface area (Å²) in [6.45, 7) is 8.29. The van der Waals surface area contributed by atoms with Crippen LogP contribution < -0.4 is 4.74 Å². The highest BCUT2D eigenvalue weighted by atomic mass is 35.5. The van der Waals surface area contributed by atoms with Crippen molar-refractivity contribution in [2.45, 2.75) is 46.5 Å². The molecule has 0 bridgehead atoms. The summed E-state index contributed by atoms with van der Waals surface area (Å²) in [6, 6.07) is 3.94. The molecule has 0 aliphatic carbocycles. The number of benzene rings is 1. The third-order valence-electron chi connectivity index (χ3n) is 3.05. The first kappa shape index (κ1) is 15.0. The van der Waals surface area contributed by atoms with E-state index in [0.29, 0.717) is 13.0 Å². The van der Waals surface area contributed by atoms with E-state index in [1.54, 1.807) is 6.92 Å². The molecule has 2 nitrogen and oxygen atoms in total. The van der Waals surface area contributed by atoms with Crippen molar-refractivity contribution in [1.29, 1.82) is 0 Å². The molecule has 0 radical (unpaired) electrons. The standard InChI is InChI=1S/C15H21ClO2/c1-5-18-15-8-11(3)14(16)9-13(15)10(2)6-7-12(4)17/h8-10H,5-7H2,1-4H3. The molecule has 1 aromatic carbocycles. The van der Waals surface area contributed by atoms with Crippen LogP contribution in [-0.2, 0) is 4.79 Å². The molecule has 0 spiro atoms. The fraction of sp³-hybridized carbons (Fsp3) is 0.533. The summed E-state index contributed by atoms with van der Waals surface area (Å²) in [5.41, 5.74) is 2.11. The second-order valence-electron chi connectivity index (χ2n) is 4.71. The van der Waals surface area contributed by atoms with Crippen LogP contribution in [0.5, 0.6) is 5.75 Å². The molecule has 1 atom stereocenters. The Balaban J connectivity index is 2.97. The van der Waals surface area contributed by atoms with Gasteiger partial charge in [0.15, 0.2) is 0 Å². The van der Waals surface area contributed by atoms with Gasteiger partial charge in [0, 0.05) is 11.4 Å². The normalized spacial score (nSPS) is 12.3. The van der Waals surface area contributed by atoms with Crippen molar-refractivity contribution >= 4 is 17.4 Å². The number of Topliss-reactive ketones (excluding diaryl/α,β-unsaturated/α-hetero) is 1. The third kappa shape index (κ3) is 4.02. The molecule has 0 saturated heterocycles. The predicted octanol–water partition coefficient (Wildman–Crippen LogP) is 4.52. The number of ether oxygens (including phenoxy) is 1. The molecule has 1 rings (SSSR count). The van der Waals surface area contributed by atoms with Crippen LogP contribution in [0.1, 0.15) is 50.7 Å². The second-order valence-corrected chi connectivity index (χ2v) is 5.12. The van der Waals surface area contributed by atoms with Crippen molar-refractivity contribution in [3.05, 3.63) is 28.3 Å². The lowest BCUT2D eigenvalue weighted by atomic mass is 9.93. The summed E-state index contributed by atoms with van der Waals surface area (Å²) >= 11 is 6.17. The zero-order chi connectivity index (χ0) is 13.7. The van der Waals surface area contributed by atoms with Gasteiger partial charge < -0.3 is 9.53 Å². The van der Waals surface area contributed by atoms with Crippen molar-refractivity contribution < 1.29 is 9.53 Å². The summed E-state index contributed by atoms with van der Waals surface area (Å²) < 4.78 is 5.66. The Morgan fingerprint density at radius 2 is 2.11 bits per heavy atom. The van der Waals surface area contributed by atoms with Gasteiger partial charge in [-0.1, -0.05) is 18.5 Å². The van der Waals surface area contributed by atoms with Gasteiger partial charge >= 0.3 is 0 Å². The first-order valence-corrected chi connectivity index (χ1v) is 6.75. The van der Waals surface area contributed by atoms with Gasteiger partial charge in [0.25, 0.3) is 0 Å². The number of carbonyl (C=O) groups excluding carboxylic acids is 1. The highest BCUT2D eigenvalue weighted by molar-refractivity contribution is 6.31. The molecule has 1 unspecified atom stereocenters. The number of halogens is 1. The summed E-state index contributed by atoms with van der Waals surface area (Å²) in [5, 5.41) is 0.753. The quantitative estimate of drug-likeness (QED) is 0.758. The number of hydrogen-bond acceptors (Lipinski definition) is 2. The average molecular weight is 269 g/mol. The fourth-order valence-corrected chi connectivity index (χ4v) is 2.08. The zero-order valence-electron chi connectivity index (χ0n) is 11.5. The lowest BCUT2D eigenvalue weighted by Crippen LogP contribution is -2.03. The van der Waals surface area contributed by atoms with Crippen LogP contribution in [-0.4, -0.2) is 12.4 Å². The fourth-order valence-electron chi connectivity index (χ4n) is 1.91. The van der Waals surface area contributed by atoms with Gasteiger partial charge in [0.1, 0.15) is 11.5 Å². The molecule has 0 N–H and O–H groups in total. The maximum Gasteiger partial charge on any atom is 0.129 e. The first-order valence-electron chi connectivity index (χ1n) is 6.38. The Labute approximate surface area is 114 Å². The predicted molar refractivity (Wildman–Crippen MR) is 75.7 cm³/mol. The summed E-state index contributed by atoms with van der Waals surface area (Å²) in [7, 11) is 0. The molecule has 0 amide bonds. The van der Waals surface area contributed by atoms with E-state index in [-0.39, 0.29) is 11.7 Å². The van der Waals surface area contributed by atoms with Gasteiger partial charge in [-0.05, 0) is 56.4 Å². The van der Waals surface area contributed by atoms with Gasteiger partial charge in [-0.15, -0.1) is 0 Å². The molecule has 100 valence electrons. The first-order chi connectivity index (χ1) is 8.45. The molecule has 0 heterocycles. The smallest absolute Gasteiger partial charge is 0.129 e. The van der Waals surface area contributed by atoms with Crippen LogP contribution in [0.2, 0.25) is 5.02 Å². The number of hydrogen-bond donors (Lipinski definition) is 0. The van der Waals surface area contributed by atoms with Crippen LogP contribution >= 0.6 is 11.6 Å². The molecule has 18 heavy (non-hydrogen) atoms. The summed E-state index contributed by atoms with van der Waals surface area (Å²) in [5.74, 6) is 1.38. The molecular formula is C15H21ClO2. The molecule has 0 fully saturated rings. The van der Waals surface area contributed by atoms with E-state index in [1.165, 1.54) is 0 Å². The van der Waals surface area contributed by atoms with E-state index in [9.17, 15) is 4.79 Å². The monoisotopic (exact) mass is 268 g/mol. The number of ketones is 1. The molecule has 1 aromatic rings. The molecule has 3 heteroatoms. The van der Waals surface area contributed by atoms with Crippen LogP contribution in [0.25, 0.3) is 0 Å². The summed E-state index contributed by atoms with van der Waals surface area (Å²) in [4.78, 5) is 11.1.